The van der Waals surface area contributed by atoms with E-state index < -0.39 is 35.8 Å². The average molecular weight is 400 g/mol. The van der Waals surface area contributed by atoms with Crippen molar-refractivity contribution >= 4 is 23.7 Å². The molecule has 0 spiro atoms. The third-order valence-corrected chi connectivity index (χ3v) is 5.49. The van der Waals surface area contributed by atoms with Crippen molar-refractivity contribution < 1.29 is 29.0 Å². The maximum Gasteiger partial charge on any atom is 0.328 e. The molecule has 154 valence electrons. The minimum atomic E-state index is -1.03. The van der Waals surface area contributed by atoms with Gasteiger partial charge in [0.25, 0.3) is 0 Å². The van der Waals surface area contributed by atoms with Crippen LogP contribution in [0.25, 0.3) is 0 Å². The Morgan fingerprint density at radius 3 is 2.21 bits per heavy atom. The number of esters is 1. The topological polar surface area (TPSA) is 113 Å². The molecular formula is C21H24N2O6. The number of allylic oxidation sites excluding steroid dienone is 2. The fourth-order valence-corrected chi connectivity index (χ4v) is 3.82. The Hall–Kier alpha value is -3.16. The molecule has 0 bridgehead atoms. The van der Waals surface area contributed by atoms with Crippen LogP contribution in [0.5, 0.6) is 5.75 Å². The Bertz CT molecular complexity index is 821. The first kappa shape index (κ1) is 20.6. The van der Waals surface area contributed by atoms with Gasteiger partial charge in [-0.2, -0.15) is 0 Å². The highest BCUT2D eigenvalue weighted by molar-refractivity contribution is 6.08. The summed E-state index contributed by atoms with van der Waals surface area (Å²) in [5, 5.41) is 12.0. The molecule has 1 aromatic rings. The molecule has 1 saturated heterocycles. The molecule has 8 nitrogen and oxygen atoms in total. The largest absolute Gasteiger partial charge is 0.508 e. The van der Waals surface area contributed by atoms with Crippen molar-refractivity contribution in [1.82, 2.24) is 10.2 Å². The van der Waals surface area contributed by atoms with Crippen molar-refractivity contribution in [3.05, 3.63) is 42.0 Å². The molecule has 1 aliphatic carbocycles. The first-order chi connectivity index (χ1) is 13.8. The van der Waals surface area contributed by atoms with Crippen molar-refractivity contribution in [1.29, 1.82) is 0 Å². The highest BCUT2D eigenvalue weighted by atomic mass is 16.5. The summed E-state index contributed by atoms with van der Waals surface area (Å²) in [6.07, 6.45) is 4.89. The Labute approximate surface area is 168 Å². The number of ether oxygens (including phenoxy) is 1. The molecule has 0 radical (unpaired) electrons. The van der Waals surface area contributed by atoms with E-state index in [-0.39, 0.29) is 24.0 Å². The predicted octanol–water partition coefficient (Wildman–Crippen LogP) is 0.932. The summed E-state index contributed by atoms with van der Waals surface area (Å²) in [6, 6.07) is 4.19. The first-order valence-corrected chi connectivity index (χ1v) is 9.51. The Morgan fingerprint density at radius 1 is 1.14 bits per heavy atom. The minimum absolute atomic E-state index is 0.0861. The van der Waals surface area contributed by atoms with E-state index in [9.17, 15) is 24.3 Å². The maximum atomic E-state index is 12.8. The Balaban J connectivity index is 1.71. The van der Waals surface area contributed by atoms with Crippen molar-refractivity contribution in [2.45, 2.75) is 38.3 Å². The van der Waals surface area contributed by atoms with Crippen molar-refractivity contribution in [3.8, 4) is 5.75 Å². The molecule has 8 heteroatoms. The van der Waals surface area contributed by atoms with Crippen LogP contribution in [0.15, 0.2) is 36.4 Å². The van der Waals surface area contributed by atoms with Crippen LogP contribution in [0.1, 0.15) is 25.3 Å². The molecule has 1 heterocycles. The number of fused-ring (bicyclic) bond motifs is 1. The molecule has 0 unspecified atom stereocenters. The van der Waals surface area contributed by atoms with E-state index in [4.69, 9.17) is 4.74 Å². The van der Waals surface area contributed by atoms with E-state index in [0.29, 0.717) is 18.4 Å². The van der Waals surface area contributed by atoms with Gasteiger partial charge in [-0.3, -0.25) is 19.3 Å². The lowest BCUT2D eigenvalue weighted by Crippen LogP contribution is -2.53. The summed E-state index contributed by atoms with van der Waals surface area (Å²) >= 11 is 0. The van der Waals surface area contributed by atoms with E-state index in [1.807, 2.05) is 12.2 Å². The Morgan fingerprint density at radius 2 is 1.69 bits per heavy atom. The SMILES string of the molecule is COC(=O)[C@@H](Cc1ccc(O)cc1)NC(=O)[C@H](C)N1C(=O)[C@H]2CC=CC[C@H]2C1=O. The zero-order chi connectivity index (χ0) is 21.1. The highest BCUT2D eigenvalue weighted by Gasteiger charge is 2.50. The molecule has 1 aliphatic heterocycles. The van der Waals surface area contributed by atoms with Crippen LogP contribution >= 0.6 is 0 Å². The second kappa shape index (κ2) is 8.46. The first-order valence-electron chi connectivity index (χ1n) is 9.51. The van der Waals surface area contributed by atoms with E-state index in [2.05, 4.69) is 5.32 Å². The van der Waals surface area contributed by atoms with Crippen LogP contribution in [0.4, 0.5) is 0 Å². The summed E-state index contributed by atoms with van der Waals surface area (Å²) in [4.78, 5) is 51.3. The van der Waals surface area contributed by atoms with Gasteiger partial charge >= 0.3 is 5.97 Å². The number of nitrogens with zero attached hydrogens (tertiary/aromatic N) is 1. The molecule has 0 saturated carbocycles. The van der Waals surface area contributed by atoms with Crippen molar-refractivity contribution in [2.75, 3.05) is 7.11 Å². The number of aromatic hydroxyl groups is 1. The van der Waals surface area contributed by atoms with E-state index in [0.717, 1.165) is 4.90 Å². The predicted molar refractivity (Wildman–Crippen MR) is 102 cm³/mol. The lowest BCUT2D eigenvalue weighted by molar-refractivity contribution is -0.149. The third-order valence-electron chi connectivity index (χ3n) is 5.49. The summed E-state index contributed by atoms with van der Waals surface area (Å²) in [5.41, 5.74) is 0.705. The fraction of sp³-hybridized carbons (Fsp3) is 0.429. The summed E-state index contributed by atoms with van der Waals surface area (Å²) in [6.45, 7) is 1.48. The van der Waals surface area contributed by atoms with Crippen LogP contribution in [-0.2, 0) is 30.3 Å². The van der Waals surface area contributed by atoms with Gasteiger partial charge in [-0.05, 0) is 37.5 Å². The van der Waals surface area contributed by atoms with Gasteiger partial charge < -0.3 is 15.2 Å². The van der Waals surface area contributed by atoms with E-state index >= 15 is 0 Å². The zero-order valence-electron chi connectivity index (χ0n) is 16.3. The second-order valence-electron chi connectivity index (χ2n) is 7.33. The molecular weight excluding hydrogens is 376 g/mol. The number of imide groups is 1. The summed E-state index contributed by atoms with van der Waals surface area (Å²) < 4.78 is 4.78. The van der Waals surface area contributed by atoms with Crippen LogP contribution in [0, 0.1) is 11.8 Å². The highest BCUT2D eigenvalue weighted by Crippen LogP contribution is 2.36. The van der Waals surface area contributed by atoms with Crippen LogP contribution in [0.2, 0.25) is 0 Å². The number of phenols is 1. The van der Waals surface area contributed by atoms with Crippen molar-refractivity contribution in [2.24, 2.45) is 11.8 Å². The van der Waals surface area contributed by atoms with Gasteiger partial charge in [-0.15, -0.1) is 0 Å². The average Bonchev–Trinajstić information content (AvgIpc) is 2.98. The van der Waals surface area contributed by atoms with Crippen LogP contribution in [-0.4, -0.2) is 52.9 Å². The van der Waals surface area contributed by atoms with Crippen LogP contribution < -0.4 is 5.32 Å². The number of likely N-dealkylation sites (tertiary alicyclic amines) is 1. The fourth-order valence-electron chi connectivity index (χ4n) is 3.82. The molecule has 4 atom stereocenters. The molecule has 2 N–H and O–H groups in total. The quantitative estimate of drug-likeness (QED) is 0.417. The summed E-state index contributed by atoms with van der Waals surface area (Å²) in [5.74, 6) is -2.70. The number of carbonyl (C=O) groups excluding carboxylic acids is 4. The number of carbonyl (C=O) groups is 4. The third kappa shape index (κ3) is 4.16. The smallest absolute Gasteiger partial charge is 0.328 e. The molecule has 1 fully saturated rings. The van der Waals surface area contributed by atoms with Gasteiger partial charge in [0.05, 0.1) is 18.9 Å². The number of phenolic OH excluding ortho intramolecular Hbond substituents is 1. The summed E-state index contributed by atoms with van der Waals surface area (Å²) in [7, 11) is 1.22. The monoisotopic (exact) mass is 400 g/mol. The van der Waals surface area contributed by atoms with Gasteiger partial charge in [0.2, 0.25) is 17.7 Å². The van der Waals surface area contributed by atoms with Crippen molar-refractivity contribution in [3.63, 3.8) is 0 Å². The molecule has 3 amide bonds. The normalized spacial score (nSPS) is 22.8. The van der Waals surface area contributed by atoms with E-state index in [1.54, 1.807) is 12.1 Å². The lowest BCUT2D eigenvalue weighted by atomic mass is 9.85. The van der Waals surface area contributed by atoms with Gasteiger partial charge in [-0.1, -0.05) is 24.3 Å². The Kier molecular flexibility index (Phi) is 6.00. The molecule has 3 rings (SSSR count). The number of nitrogens with one attached hydrogen (secondary N) is 1. The zero-order valence-corrected chi connectivity index (χ0v) is 16.3. The molecule has 0 aromatic heterocycles. The number of rotatable bonds is 6. The molecule has 29 heavy (non-hydrogen) atoms. The second-order valence-corrected chi connectivity index (χ2v) is 7.33. The van der Waals surface area contributed by atoms with Gasteiger partial charge in [0, 0.05) is 6.42 Å². The van der Waals surface area contributed by atoms with Gasteiger partial charge in [0.1, 0.15) is 17.8 Å². The maximum absolute atomic E-state index is 12.8. The lowest BCUT2D eigenvalue weighted by Gasteiger charge is -2.25. The van der Waals surface area contributed by atoms with Gasteiger partial charge in [-0.25, -0.2) is 4.79 Å². The standard InChI is InChI=1S/C21H24N2O6/c1-12(23-19(26)15-5-3-4-6-16(15)20(23)27)18(25)22-17(21(28)29-2)11-13-7-9-14(24)10-8-13/h3-4,7-10,12,15-17,24H,5-6,11H2,1-2H3,(H,22,25)/t12-,15-,16+,17+/m0/s1. The molecule has 1 aromatic carbocycles. The number of methoxy groups -OCH3 is 1. The number of hydrogen-bond acceptors (Lipinski definition) is 6. The minimum Gasteiger partial charge on any atom is -0.508 e. The van der Waals surface area contributed by atoms with E-state index in [1.165, 1.54) is 26.2 Å². The number of benzene rings is 1. The molecule has 2 aliphatic rings. The van der Waals surface area contributed by atoms with Crippen LogP contribution in [0.3, 0.4) is 0 Å². The number of amides is 3. The number of hydrogen-bond donors (Lipinski definition) is 2. The van der Waals surface area contributed by atoms with Gasteiger partial charge in [0.15, 0.2) is 0 Å².